The molecule has 2 aromatic heterocycles. The van der Waals surface area contributed by atoms with E-state index in [2.05, 4.69) is 20.9 Å². The first-order valence-electron chi connectivity index (χ1n) is 7.41. The topological polar surface area (TPSA) is 74.3 Å². The molecule has 0 spiro atoms. The molecule has 1 aromatic carbocycles. The van der Waals surface area contributed by atoms with Crippen molar-refractivity contribution in [2.45, 2.75) is 20.4 Å². The molecule has 2 heterocycles. The Morgan fingerprint density at radius 1 is 1.42 bits per heavy atom. The molecule has 24 heavy (non-hydrogen) atoms. The number of benzene rings is 1. The molecule has 0 amide bonds. The van der Waals surface area contributed by atoms with E-state index in [1.807, 2.05) is 24.3 Å². The largest absolute Gasteiger partial charge is 0.462 e. The van der Waals surface area contributed by atoms with Gasteiger partial charge in [-0.05, 0) is 31.5 Å². The fraction of sp³-hybridized carbons (Fsp3) is 0.235. The van der Waals surface area contributed by atoms with E-state index in [0.29, 0.717) is 12.3 Å². The Morgan fingerprint density at radius 3 is 2.92 bits per heavy atom. The van der Waals surface area contributed by atoms with Gasteiger partial charge in [0.05, 0.1) is 13.2 Å². The Balaban J connectivity index is 2.11. The molecule has 0 saturated carbocycles. The molecule has 0 N–H and O–H groups in total. The minimum Gasteiger partial charge on any atom is -0.462 e. The molecular formula is C17H15BrN2O4. The third-order valence-electron chi connectivity index (χ3n) is 3.58. The Morgan fingerprint density at radius 2 is 2.21 bits per heavy atom. The number of hydrogen-bond acceptors (Lipinski definition) is 5. The molecule has 0 aliphatic carbocycles. The van der Waals surface area contributed by atoms with E-state index in [1.54, 1.807) is 13.8 Å². The summed E-state index contributed by atoms with van der Waals surface area (Å²) in [6, 6.07) is 7.63. The van der Waals surface area contributed by atoms with Crippen molar-refractivity contribution in [1.82, 2.24) is 9.55 Å². The summed E-state index contributed by atoms with van der Waals surface area (Å²) in [5, 5.41) is 0.156. The van der Waals surface area contributed by atoms with Crippen molar-refractivity contribution in [2.75, 3.05) is 6.61 Å². The van der Waals surface area contributed by atoms with Crippen LogP contribution in [0.2, 0.25) is 0 Å². The molecule has 124 valence electrons. The zero-order chi connectivity index (χ0) is 17.3. The Hall–Kier alpha value is -2.41. The molecule has 0 unspecified atom stereocenters. The molecule has 6 nitrogen and oxygen atoms in total. The highest BCUT2D eigenvalue weighted by Crippen LogP contribution is 2.22. The van der Waals surface area contributed by atoms with Crippen LogP contribution in [0.4, 0.5) is 0 Å². The molecule has 3 aromatic rings. The third kappa shape index (κ3) is 2.99. The smallest absolute Gasteiger partial charge is 0.342 e. The minimum absolute atomic E-state index is 0.144. The van der Waals surface area contributed by atoms with Gasteiger partial charge in [0.25, 0.3) is 5.56 Å². The predicted molar refractivity (Wildman–Crippen MR) is 92.2 cm³/mol. The van der Waals surface area contributed by atoms with Crippen molar-refractivity contribution >= 4 is 33.0 Å². The van der Waals surface area contributed by atoms with Gasteiger partial charge in [0.2, 0.25) is 5.71 Å². The lowest BCUT2D eigenvalue weighted by Crippen LogP contribution is -2.22. The molecule has 0 fully saturated rings. The number of ether oxygens (including phenoxy) is 1. The maximum absolute atomic E-state index is 12.8. The van der Waals surface area contributed by atoms with Crippen molar-refractivity contribution in [3.05, 3.63) is 62.3 Å². The van der Waals surface area contributed by atoms with E-state index in [4.69, 9.17) is 9.15 Å². The second-order valence-electron chi connectivity index (χ2n) is 5.24. The maximum Gasteiger partial charge on any atom is 0.342 e. The van der Waals surface area contributed by atoms with E-state index < -0.39 is 5.97 Å². The first-order valence-corrected chi connectivity index (χ1v) is 8.20. The van der Waals surface area contributed by atoms with E-state index in [1.165, 1.54) is 10.9 Å². The highest BCUT2D eigenvalue weighted by Gasteiger charge is 2.23. The number of esters is 1. The summed E-state index contributed by atoms with van der Waals surface area (Å²) in [5.74, 6) is -0.249. The van der Waals surface area contributed by atoms with Gasteiger partial charge in [-0.3, -0.25) is 9.36 Å². The van der Waals surface area contributed by atoms with Crippen molar-refractivity contribution in [3.8, 4) is 0 Å². The second kappa shape index (κ2) is 6.60. The monoisotopic (exact) mass is 390 g/mol. The van der Waals surface area contributed by atoms with E-state index in [9.17, 15) is 9.59 Å². The van der Waals surface area contributed by atoms with Crippen LogP contribution in [0.5, 0.6) is 0 Å². The number of hydrogen-bond donors (Lipinski definition) is 0. The van der Waals surface area contributed by atoms with Crippen molar-refractivity contribution in [3.63, 3.8) is 0 Å². The molecular weight excluding hydrogens is 376 g/mol. The van der Waals surface area contributed by atoms with Crippen LogP contribution < -0.4 is 5.56 Å². The van der Waals surface area contributed by atoms with Gasteiger partial charge >= 0.3 is 5.97 Å². The van der Waals surface area contributed by atoms with Gasteiger partial charge < -0.3 is 9.15 Å². The predicted octanol–water partition coefficient (Wildman–Crippen LogP) is 3.29. The first-order chi connectivity index (χ1) is 11.5. The van der Waals surface area contributed by atoms with Gasteiger partial charge in [-0.25, -0.2) is 9.78 Å². The molecule has 0 atom stereocenters. The van der Waals surface area contributed by atoms with Crippen molar-refractivity contribution in [2.24, 2.45) is 0 Å². The summed E-state index contributed by atoms with van der Waals surface area (Å²) in [6.45, 7) is 3.89. The number of furan rings is 1. The molecule has 0 aliphatic rings. The third-order valence-corrected chi connectivity index (χ3v) is 4.07. The van der Waals surface area contributed by atoms with Crippen LogP contribution >= 0.6 is 15.9 Å². The average Bonchev–Trinajstić information content (AvgIpc) is 2.87. The van der Waals surface area contributed by atoms with Crippen molar-refractivity contribution < 1.29 is 13.9 Å². The summed E-state index contributed by atoms with van der Waals surface area (Å²) in [7, 11) is 0. The van der Waals surface area contributed by atoms with E-state index >= 15 is 0 Å². The Kier molecular flexibility index (Phi) is 4.53. The molecule has 3 rings (SSSR count). The molecule has 7 heteroatoms. The quantitative estimate of drug-likeness (QED) is 0.639. The number of carbonyl (C=O) groups excluding carboxylic acids is 1. The van der Waals surface area contributed by atoms with Gasteiger partial charge in [-0.15, -0.1) is 0 Å². The van der Waals surface area contributed by atoms with Crippen LogP contribution in [0, 0.1) is 6.92 Å². The normalized spacial score (nSPS) is 11.0. The zero-order valence-electron chi connectivity index (χ0n) is 13.2. The maximum atomic E-state index is 12.8. The van der Waals surface area contributed by atoms with Crippen LogP contribution in [-0.2, 0) is 11.3 Å². The number of rotatable bonds is 4. The van der Waals surface area contributed by atoms with Gasteiger partial charge in [-0.1, -0.05) is 28.1 Å². The van der Waals surface area contributed by atoms with Crippen LogP contribution in [0.25, 0.3) is 11.1 Å². The minimum atomic E-state index is -0.576. The van der Waals surface area contributed by atoms with Crippen LogP contribution in [0.3, 0.4) is 0 Å². The number of fused-ring (bicyclic) bond motifs is 1. The van der Waals surface area contributed by atoms with Gasteiger partial charge in [-0.2, -0.15) is 0 Å². The Bertz CT molecular complexity index is 974. The zero-order valence-corrected chi connectivity index (χ0v) is 14.8. The number of aryl methyl sites for hydroxylation is 1. The lowest BCUT2D eigenvalue weighted by Gasteiger charge is -2.06. The van der Waals surface area contributed by atoms with E-state index in [0.717, 1.165) is 10.0 Å². The SMILES string of the molecule is CCOC(=O)c1c(C)oc2ncn(Cc3cccc(Br)c3)c(=O)c12. The molecule has 0 saturated heterocycles. The highest BCUT2D eigenvalue weighted by molar-refractivity contribution is 9.10. The molecule has 0 aliphatic heterocycles. The van der Waals surface area contributed by atoms with Crippen LogP contribution in [-0.4, -0.2) is 22.1 Å². The standard InChI is InChI=1S/C17H15BrN2O4/c1-3-23-17(22)13-10(2)24-15-14(13)16(21)20(9-19-15)8-11-5-4-6-12(18)7-11/h4-7,9H,3,8H2,1-2H3. The van der Waals surface area contributed by atoms with Gasteiger partial charge in [0.15, 0.2) is 0 Å². The average molecular weight is 391 g/mol. The van der Waals surface area contributed by atoms with Crippen LogP contribution in [0.1, 0.15) is 28.6 Å². The summed E-state index contributed by atoms with van der Waals surface area (Å²) >= 11 is 3.41. The summed E-state index contributed by atoms with van der Waals surface area (Å²) in [4.78, 5) is 29.1. The van der Waals surface area contributed by atoms with Crippen molar-refractivity contribution in [1.29, 1.82) is 0 Å². The summed E-state index contributed by atoms with van der Waals surface area (Å²) in [6.07, 6.45) is 1.42. The van der Waals surface area contributed by atoms with Gasteiger partial charge in [0.1, 0.15) is 23.0 Å². The Labute approximate surface area is 146 Å². The molecule has 0 radical (unpaired) electrons. The number of carbonyl (C=O) groups is 1. The summed E-state index contributed by atoms with van der Waals surface area (Å²) < 4.78 is 12.8. The van der Waals surface area contributed by atoms with E-state index in [-0.39, 0.29) is 28.8 Å². The number of nitrogens with zero attached hydrogens (tertiary/aromatic N) is 2. The molecule has 0 bridgehead atoms. The number of aromatic nitrogens is 2. The highest BCUT2D eigenvalue weighted by atomic mass is 79.9. The lowest BCUT2D eigenvalue weighted by atomic mass is 10.2. The first kappa shape index (κ1) is 16.4. The summed E-state index contributed by atoms with van der Waals surface area (Å²) in [5.41, 5.74) is 0.893. The van der Waals surface area contributed by atoms with Crippen LogP contribution in [0.15, 0.2) is 44.3 Å². The fourth-order valence-corrected chi connectivity index (χ4v) is 2.98. The fourth-order valence-electron chi connectivity index (χ4n) is 2.53. The van der Waals surface area contributed by atoms with Gasteiger partial charge in [0, 0.05) is 4.47 Å². The number of halogens is 1. The second-order valence-corrected chi connectivity index (χ2v) is 6.16. The lowest BCUT2D eigenvalue weighted by molar-refractivity contribution is 0.0526.